The molecular weight excluding hydrogens is 378 g/mol. The molecule has 0 amide bonds. The summed E-state index contributed by atoms with van der Waals surface area (Å²) in [6.45, 7) is 8.89. The average molecular weight is 406 g/mol. The van der Waals surface area contributed by atoms with Crippen LogP contribution in [0.2, 0.25) is 0 Å². The largest absolute Gasteiger partial charge is 0.471 e. The molecule has 0 aliphatic rings. The van der Waals surface area contributed by atoms with E-state index < -0.39 is 0 Å². The number of anilines is 2. The van der Waals surface area contributed by atoms with Crippen molar-refractivity contribution in [3.63, 3.8) is 0 Å². The minimum absolute atomic E-state index is 0.332. The van der Waals surface area contributed by atoms with Gasteiger partial charge in [-0.1, -0.05) is 19.9 Å². The van der Waals surface area contributed by atoms with Gasteiger partial charge in [-0.25, -0.2) is 19.9 Å². The lowest BCUT2D eigenvalue weighted by atomic mass is 10.1. The molecular formula is C22H27N7O. The molecule has 0 saturated heterocycles. The normalized spacial score (nSPS) is 10.4. The van der Waals surface area contributed by atoms with Gasteiger partial charge in [-0.15, -0.1) is 0 Å². The number of ether oxygens (including phenoxy) is 1. The lowest BCUT2D eigenvalue weighted by molar-refractivity contribution is 0.289. The first-order valence-corrected chi connectivity index (χ1v) is 9.92. The number of nitrogen functional groups attached to an aromatic ring is 1. The van der Waals surface area contributed by atoms with Gasteiger partial charge < -0.3 is 20.2 Å². The smallest absolute Gasteiger partial charge is 0.218 e. The predicted octanol–water partition coefficient (Wildman–Crippen LogP) is 3.94. The van der Waals surface area contributed by atoms with E-state index in [9.17, 15) is 0 Å². The van der Waals surface area contributed by atoms with Gasteiger partial charge in [0.05, 0.1) is 5.69 Å². The standard InChI is InChI=1S/C20H21N7O.C2H6/c1-13-7-17(21)25-14(2)16(13)9-22-18-8-20(24-12-23-18)28-11-15-10-27-6-4-3-5-19(27)26-15;1-2/h3-8,10,12H,9,11H2,1-2H3,(H2,21,25)(H,22,23,24);1-2H3. The van der Waals surface area contributed by atoms with Crippen molar-refractivity contribution in [2.45, 2.75) is 40.8 Å². The van der Waals surface area contributed by atoms with Gasteiger partial charge in [-0.2, -0.15) is 0 Å². The summed E-state index contributed by atoms with van der Waals surface area (Å²) >= 11 is 0. The average Bonchev–Trinajstić information content (AvgIpc) is 3.16. The van der Waals surface area contributed by atoms with Crippen LogP contribution in [0, 0.1) is 13.8 Å². The monoisotopic (exact) mass is 405 g/mol. The highest BCUT2D eigenvalue weighted by Gasteiger charge is 2.08. The highest BCUT2D eigenvalue weighted by molar-refractivity contribution is 5.44. The summed E-state index contributed by atoms with van der Waals surface area (Å²) in [5, 5.41) is 3.29. The second kappa shape index (κ2) is 9.69. The SMILES string of the molecule is CC.Cc1cc(N)nc(C)c1CNc1cc(OCc2cn3ccccc3n2)ncn1. The third kappa shape index (κ3) is 5.02. The van der Waals surface area contributed by atoms with Crippen LogP contribution in [0.1, 0.15) is 36.4 Å². The molecule has 0 radical (unpaired) electrons. The zero-order chi connectivity index (χ0) is 21.5. The molecule has 4 aromatic rings. The molecule has 156 valence electrons. The van der Waals surface area contributed by atoms with Crippen LogP contribution < -0.4 is 15.8 Å². The lowest BCUT2D eigenvalue weighted by Gasteiger charge is -2.12. The van der Waals surface area contributed by atoms with Crippen molar-refractivity contribution in [1.29, 1.82) is 0 Å². The molecule has 0 unspecified atom stereocenters. The van der Waals surface area contributed by atoms with Crippen molar-refractivity contribution in [3.05, 3.63) is 71.6 Å². The Bertz CT molecular complexity index is 1070. The summed E-state index contributed by atoms with van der Waals surface area (Å²) in [6.07, 6.45) is 5.37. The topological polar surface area (TPSA) is 103 Å². The Hall–Kier alpha value is -3.68. The maximum absolute atomic E-state index is 5.79. The van der Waals surface area contributed by atoms with E-state index in [1.807, 2.05) is 68.8 Å². The van der Waals surface area contributed by atoms with Crippen LogP contribution in [0.3, 0.4) is 0 Å². The molecule has 0 aliphatic carbocycles. The Kier molecular flexibility index (Phi) is 6.79. The lowest BCUT2D eigenvalue weighted by Crippen LogP contribution is -2.08. The first kappa shape index (κ1) is 21.0. The Labute approximate surface area is 176 Å². The third-order valence-corrected chi connectivity index (χ3v) is 4.44. The van der Waals surface area contributed by atoms with Crippen LogP contribution in [0.4, 0.5) is 11.6 Å². The van der Waals surface area contributed by atoms with Crippen LogP contribution in [-0.2, 0) is 13.2 Å². The minimum Gasteiger partial charge on any atom is -0.471 e. The van der Waals surface area contributed by atoms with Gasteiger partial charge >= 0.3 is 0 Å². The van der Waals surface area contributed by atoms with Crippen LogP contribution in [0.15, 0.2) is 49.1 Å². The Morgan fingerprint density at radius 2 is 1.93 bits per heavy atom. The van der Waals surface area contributed by atoms with Gasteiger partial charge in [0.2, 0.25) is 5.88 Å². The van der Waals surface area contributed by atoms with Crippen molar-refractivity contribution in [3.8, 4) is 5.88 Å². The van der Waals surface area contributed by atoms with Crippen LogP contribution in [0.5, 0.6) is 5.88 Å². The summed E-state index contributed by atoms with van der Waals surface area (Å²) in [5.41, 5.74) is 10.6. The molecule has 8 nitrogen and oxygen atoms in total. The van der Waals surface area contributed by atoms with E-state index in [1.54, 1.807) is 6.07 Å². The highest BCUT2D eigenvalue weighted by Crippen LogP contribution is 2.18. The highest BCUT2D eigenvalue weighted by atomic mass is 16.5. The number of aryl methyl sites for hydroxylation is 2. The Morgan fingerprint density at radius 3 is 2.70 bits per heavy atom. The molecule has 4 aromatic heterocycles. The van der Waals surface area contributed by atoms with Gasteiger partial charge in [-0.05, 0) is 43.2 Å². The first-order chi connectivity index (χ1) is 14.6. The van der Waals surface area contributed by atoms with Crippen molar-refractivity contribution < 1.29 is 4.74 Å². The third-order valence-electron chi connectivity index (χ3n) is 4.44. The predicted molar refractivity (Wildman–Crippen MR) is 118 cm³/mol. The van der Waals surface area contributed by atoms with Crippen molar-refractivity contribution in [2.24, 2.45) is 0 Å². The van der Waals surface area contributed by atoms with Crippen molar-refractivity contribution >= 4 is 17.3 Å². The van der Waals surface area contributed by atoms with E-state index in [0.717, 1.165) is 28.2 Å². The van der Waals surface area contributed by atoms with Gasteiger partial charge in [0.15, 0.2) is 0 Å². The fraction of sp³-hybridized carbons (Fsp3) is 0.273. The van der Waals surface area contributed by atoms with Crippen molar-refractivity contribution in [2.75, 3.05) is 11.1 Å². The molecule has 0 fully saturated rings. The van der Waals surface area contributed by atoms with Gasteiger partial charge in [-0.3, -0.25) is 0 Å². The van der Waals surface area contributed by atoms with Crippen molar-refractivity contribution in [1.82, 2.24) is 24.3 Å². The summed E-state index contributed by atoms with van der Waals surface area (Å²) < 4.78 is 7.74. The second-order valence-electron chi connectivity index (χ2n) is 6.51. The Morgan fingerprint density at radius 1 is 1.10 bits per heavy atom. The number of pyridine rings is 2. The molecule has 4 rings (SSSR count). The fourth-order valence-electron chi connectivity index (χ4n) is 3.05. The fourth-order valence-corrected chi connectivity index (χ4v) is 3.05. The number of nitrogens with one attached hydrogen (secondary N) is 1. The molecule has 30 heavy (non-hydrogen) atoms. The van der Waals surface area contributed by atoms with Crippen LogP contribution in [-0.4, -0.2) is 24.3 Å². The minimum atomic E-state index is 0.332. The van der Waals surface area contributed by atoms with E-state index >= 15 is 0 Å². The summed E-state index contributed by atoms with van der Waals surface area (Å²) in [6, 6.07) is 9.50. The molecule has 0 spiro atoms. The zero-order valence-electron chi connectivity index (χ0n) is 17.8. The first-order valence-electron chi connectivity index (χ1n) is 9.92. The van der Waals surface area contributed by atoms with E-state index in [2.05, 4.69) is 25.3 Å². The van der Waals surface area contributed by atoms with E-state index in [-0.39, 0.29) is 0 Å². The number of rotatable bonds is 6. The molecule has 8 heteroatoms. The Balaban J connectivity index is 0.00000124. The van der Waals surface area contributed by atoms with Gasteiger partial charge in [0.25, 0.3) is 0 Å². The number of aromatic nitrogens is 5. The molecule has 3 N–H and O–H groups in total. The van der Waals surface area contributed by atoms with E-state index in [0.29, 0.717) is 30.7 Å². The number of nitrogens with zero attached hydrogens (tertiary/aromatic N) is 5. The quantitative estimate of drug-likeness (QED) is 0.501. The number of hydrogen-bond donors (Lipinski definition) is 2. The number of nitrogens with two attached hydrogens (primary N) is 1. The molecule has 4 heterocycles. The number of hydrogen-bond acceptors (Lipinski definition) is 7. The summed E-state index contributed by atoms with van der Waals surface area (Å²) in [7, 11) is 0. The summed E-state index contributed by atoms with van der Waals surface area (Å²) in [4.78, 5) is 17.3. The molecule has 0 bridgehead atoms. The summed E-state index contributed by atoms with van der Waals surface area (Å²) in [5.74, 6) is 1.69. The second-order valence-corrected chi connectivity index (χ2v) is 6.51. The van der Waals surface area contributed by atoms with Crippen LogP contribution in [0.25, 0.3) is 5.65 Å². The van der Waals surface area contributed by atoms with E-state index in [1.165, 1.54) is 6.33 Å². The van der Waals surface area contributed by atoms with Gasteiger partial charge in [0.1, 0.15) is 30.2 Å². The maximum Gasteiger partial charge on any atom is 0.218 e. The van der Waals surface area contributed by atoms with E-state index in [4.69, 9.17) is 10.5 Å². The van der Waals surface area contributed by atoms with Gasteiger partial charge in [0, 0.05) is 30.7 Å². The number of fused-ring (bicyclic) bond motifs is 1. The molecule has 0 aliphatic heterocycles. The zero-order valence-corrected chi connectivity index (χ0v) is 17.8. The molecule has 0 aromatic carbocycles. The molecule has 0 atom stereocenters. The molecule has 0 saturated carbocycles. The maximum atomic E-state index is 5.79. The number of imidazole rings is 1. The van der Waals surface area contributed by atoms with Crippen LogP contribution >= 0.6 is 0 Å².